The van der Waals surface area contributed by atoms with Crippen molar-refractivity contribution in [3.8, 4) is 0 Å². The van der Waals surface area contributed by atoms with Gasteiger partial charge in [0, 0.05) is 25.2 Å². The van der Waals surface area contributed by atoms with Crippen LogP contribution in [0, 0.1) is 12.8 Å². The molecule has 0 unspecified atom stereocenters. The topological polar surface area (TPSA) is 75.4 Å². The SMILES string of the molecule is Cc1ccc(CNC(=O)N2CCC(Cc3ccc(C(N)=O)cc3)CC2)cc1. The Balaban J connectivity index is 1.43. The number of hydrogen-bond donors (Lipinski definition) is 2. The van der Waals surface area contributed by atoms with E-state index in [2.05, 4.69) is 24.4 Å². The molecule has 0 bridgehead atoms. The number of hydrogen-bond acceptors (Lipinski definition) is 2. The number of amides is 3. The van der Waals surface area contributed by atoms with Gasteiger partial charge in [-0.05, 0) is 55.4 Å². The first kappa shape index (κ1) is 19.0. The van der Waals surface area contributed by atoms with Gasteiger partial charge in [0.15, 0.2) is 0 Å². The minimum Gasteiger partial charge on any atom is -0.366 e. The summed E-state index contributed by atoms with van der Waals surface area (Å²) >= 11 is 0. The molecule has 0 radical (unpaired) electrons. The van der Waals surface area contributed by atoms with Crippen LogP contribution in [0.3, 0.4) is 0 Å². The molecule has 0 aromatic heterocycles. The summed E-state index contributed by atoms with van der Waals surface area (Å²) < 4.78 is 0. The molecule has 0 atom stereocenters. The second-order valence-corrected chi connectivity index (χ2v) is 7.34. The number of urea groups is 1. The number of nitrogens with one attached hydrogen (secondary N) is 1. The van der Waals surface area contributed by atoms with E-state index in [0.717, 1.165) is 37.9 Å². The van der Waals surface area contributed by atoms with E-state index in [4.69, 9.17) is 5.73 Å². The number of benzene rings is 2. The Bertz CT molecular complexity index is 776. The van der Waals surface area contributed by atoms with E-state index in [1.165, 1.54) is 11.1 Å². The molecule has 1 aliphatic heterocycles. The summed E-state index contributed by atoms with van der Waals surface area (Å²) in [6, 6.07) is 15.7. The van der Waals surface area contributed by atoms with Crippen molar-refractivity contribution in [2.24, 2.45) is 11.7 Å². The Hall–Kier alpha value is -2.82. The van der Waals surface area contributed by atoms with Crippen LogP contribution in [0.25, 0.3) is 0 Å². The quantitative estimate of drug-likeness (QED) is 0.853. The highest BCUT2D eigenvalue weighted by molar-refractivity contribution is 5.92. The Morgan fingerprint density at radius 1 is 1.00 bits per heavy atom. The van der Waals surface area contributed by atoms with Gasteiger partial charge in [-0.3, -0.25) is 4.79 Å². The molecule has 0 spiro atoms. The van der Waals surface area contributed by atoms with Crippen molar-refractivity contribution in [1.29, 1.82) is 0 Å². The molecule has 1 aliphatic rings. The van der Waals surface area contributed by atoms with Gasteiger partial charge in [0.25, 0.3) is 0 Å². The third kappa shape index (κ3) is 5.33. The molecule has 3 rings (SSSR count). The largest absolute Gasteiger partial charge is 0.366 e. The molecule has 27 heavy (non-hydrogen) atoms. The first-order chi connectivity index (χ1) is 13.0. The number of aryl methyl sites for hydroxylation is 1. The van der Waals surface area contributed by atoms with Crippen molar-refractivity contribution >= 4 is 11.9 Å². The highest BCUT2D eigenvalue weighted by atomic mass is 16.2. The number of primary amides is 1. The first-order valence-corrected chi connectivity index (χ1v) is 9.48. The molecule has 0 saturated carbocycles. The maximum atomic E-state index is 12.4. The minimum atomic E-state index is -0.397. The molecule has 5 heteroatoms. The van der Waals surface area contributed by atoms with Crippen molar-refractivity contribution in [2.45, 2.75) is 32.7 Å². The lowest BCUT2D eigenvalue weighted by molar-refractivity contribution is 0.1000. The van der Waals surface area contributed by atoms with Gasteiger partial charge >= 0.3 is 6.03 Å². The van der Waals surface area contributed by atoms with Gasteiger partial charge in [-0.1, -0.05) is 42.0 Å². The fourth-order valence-corrected chi connectivity index (χ4v) is 3.47. The first-order valence-electron chi connectivity index (χ1n) is 9.48. The fourth-order valence-electron chi connectivity index (χ4n) is 3.47. The van der Waals surface area contributed by atoms with Gasteiger partial charge in [0.05, 0.1) is 0 Å². The average molecular weight is 365 g/mol. The summed E-state index contributed by atoms with van der Waals surface area (Å²) in [5, 5.41) is 3.01. The van der Waals surface area contributed by atoms with Crippen LogP contribution in [0.4, 0.5) is 4.79 Å². The molecule has 2 aromatic carbocycles. The van der Waals surface area contributed by atoms with Crippen LogP contribution in [0.1, 0.15) is 39.9 Å². The van der Waals surface area contributed by atoms with Crippen molar-refractivity contribution in [3.63, 3.8) is 0 Å². The zero-order valence-corrected chi connectivity index (χ0v) is 15.8. The average Bonchev–Trinajstić information content (AvgIpc) is 2.68. The highest BCUT2D eigenvalue weighted by Gasteiger charge is 2.22. The number of carbonyl (C=O) groups excluding carboxylic acids is 2. The monoisotopic (exact) mass is 365 g/mol. The van der Waals surface area contributed by atoms with Crippen molar-refractivity contribution < 1.29 is 9.59 Å². The van der Waals surface area contributed by atoms with Crippen LogP contribution in [0.5, 0.6) is 0 Å². The van der Waals surface area contributed by atoms with Gasteiger partial charge in [-0.25, -0.2) is 4.79 Å². The van der Waals surface area contributed by atoms with Crippen molar-refractivity contribution in [3.05, 3.63) is 70.8 Å². The van der Waals surface area contributed by atoms with Crippen LogP contribution in [-0.2, 0) is 13.0 Å². The van der Waals surface area contributed by atoms with E-state index in [1.54, 1.807) is 12.1 Å². The molecule has 1 heterocycles. The maximum absolute atomic E-state index is 12.4. The second kappa shape index (κ2) is 8.71. The Morgan fingerprint density at radius 2 is 1.59 bits per heavy atom. The normalized spacial score (nSPS) is 14.8. The molecule has 5 nitrogen and oxygen atoms in total. The lowest BCUT2D eigenvalue weighted by Gasteiger charge is -2.32. The summed E-state index contributed by atoms with van der Waals surface area (Å²) in [7, 11) is 0. The zero-order chi connectivity index (χ0) is 19.2. The lowest BCUT2D eigenvalue weighted by atomic mass is 9.90. The van der Waals surface area contributed by atoms with Gasteiger partial charge in [0.1, 0.15) is 0 Å². The standard InChI is InChI=1S/C22H27N3O2/c1-16-2-4-19(5-3-16)15-24-22(27)25-12-10-18(11-13-25)14-17-6-8-20(9-7-17)21(23)26/h2-9,18H,10-15H2,1H3,(H2,23,26)(H,24,27). The summed E-state index contributed by atoms with van der Waals surface area (Å²) in [6.07, 6.45) is 2.96. The summed E-state index contributed by atoms with van der Waals surface area (Å²) in [5.41, 5.74) is 9.36. The number of rotatable bonds is 5. The second-order valence-electron chi connectivity index (χ2n) is 7.34. The van der Waals surface area contributed by atoms with Crippen molar-refractivity contribution in [1.82, 2.24) is 10.2 Å². The maximum Gasteiger partial charge on any atom is 0.317 e. The summed E-state index contributed by atoms with van der Waals surface area (Å²) in [5.74, 6) is 0.164. The number of likely N-dealkylation sites (tertiary alicyclic amines) is 1. The van der Waals surface area contributed by atoms with Crippen LogP contribution < -0.4 is 11.1 Å². The molecule has 142 valence electrons. The van der Waals surface area contributed by atoms with E-state index < -0.39 is 5.91 Å². The van der Waals surface area contributed by atoms with E-state index >= 15 is 0 Å². The third-order valence-electron chi connectivity index (χ3n) is 5.23. The van der Waals surface area contributed by atoms with Crippen LogP contribution in [0.15, 0.2) is 48.5 Å². The lowest BCUT2D eigenvalue weighted by Crippen LogP contribution is -2.44. The van der Waals surface area contributed by atoms with Gasteiger partial charge in [-0.15, -0.1) is 0 Å². The minimum absolute atomic E-state index is 0.0137. The summed E-state index contributed by atoms with van der Waals surface area (Å²) in [4.78, 5) is 25.4. The Kier molecular flexibility index (Phi) is 6.12. The van der Waals surface area contributed by atoms with Crippen LogP contribution >= 0.6 is 0 Å². The number of piperidine rings is 1. The summed E-state index contributed by atoms with van der Waals surface area (Å²) in [6.45, 7) is 4.18. The van der Waals surface area contributed by atoms with E-state index in [1.807, 2.05) is 29.2 Å². The fraction of sp³-hybridized carbons (Fsp3) is 0.364. The molecule has 3 N–H and O–H groups in total. The third-order valence-corrected chi connectivity index (χ3v) is 5.23. The smallest absolute Gasteiger partial charge is 0.317 e. The van der Waals surface area contributed by atoms with Gasteiger partial charge in [0.2, 0.25) is 5.91 Å². The van der Waals surface area contributed by atoms with E-state index in [0.29, 0.717) is 18.0 Å². The molecule has 1 fully saturated rings. The predicted molar refractivity (Wildman–Crippen MR) is 106 cm³/mol. The molecule has 2 aromatic rings. The molecule has 3 amide bonds. The van der Waals surface area contributed by atoms with Gasteiger partial charge in [-0.2, -0.15) is 0 Å². The van der Waals surface area contributed by atoms with Crippen LogP contribution in [-0.4, -0.2) is 29.9 Å². The molecule has 0 aliphatic carbocycles. The van der Waals surface area contributed by atoms with E-state index in [-0.39, 0.29) is 6.03 Å². The van der Waals surface area contributed by atoms with Gasteiger partial charge < -0.3 is 16.0 Å². The van der Waals surface area contributed by atoms with Crippen LogP contribution in [0.2, 0.25) is 0 Å². The number of nitrogens with zero attached hydrogens (tertiary/aromatic N) is 1. The molecular weight excluding hydrogens is 338 g/mol. The highest BCUT2D eigenvalue weighted by Crippen LogP contribution is 2.22. The zero-order valence-electron chi connectivity index (χ0n) is 15.8. The number of nitrogens with two attached hydrogens (primary N) is 1. The molecule has 1 saturated heterocycles. The Labute approximate surface area is 160 Å². The number of carbonyl (C=O) groups is 2. The van der Waals surface area contributed by atoms with E-state index in [9.17, 15) is 9.59 Å². The Morgan fingerprint density at radius 3 is 2.19 bits per heavy atom. The molecular formula is C22H27N3O2. The van der Waals surface area contributed by atoms with Crippen molar-refractivity contribution in [2.75, 3.05) is 13.1 Å². The predicted octanol–water partition coefficient (Wildman–Crippen LogP) is 3.26.